The van der Waals surface area contributed by atoms with E-state index < -0.39 is 47.1 Å². The standard InChI is InChI=1S/C29H34N4O6/c1-16(2)14-23(26(36)32-22(24(34)27(37)30-3)15-17-12-13-31-25(17)35)33-28(38)29(39)20-10-6-4-8-18(20)19-9-5-7-11-21(19)29/h4-11,16-17,22-23,39H,12-15H2,1-3H3,(H,30,37)(H,31,35)(H,32,36)(H,33,38)/t17-,22+,23+/m1/s1. The van der Waals surface area contributed by atoms with E-state index in [1.165, 1.54) is 7.05 Å². The van der Waals surface area contributed by atoms with E-state index >= 15 is 0 Å². The van der Waals surface area contributed by atoms with Gasteiger partial charge >= 0.3 is 0 Å². The molecule has 1 fully saturated rings. The molecule has 4 amide bonds. The Bertz CT molecular complexity index is 1260. The van der Waals surface area contributed by atoms with Crippen molar-refractivity contribution in [1.82, 2.24) is 21.3 Å². The lowest BCUT2D eigenvalue weighted by atomic mass is 9.89. The number of carbonyl (C=O) groups is 5. The second-order valence-corrected chi connectivity index (χ2v) is 10.5. The van der Waals surface area contributed by atoms with E-state index in [0.717, 1.165) is 11.1 Å². The van der Waals surface area contributed by atoms with Crippen LogP contribution in [0.3, 0.4) is 0 Å². The lowest BCUT2D eigenvalue weighted by Crippen LogP contribution is -2.57. The van der Waals surface area contributed by atoms with E-state index in [1.807, 2.05) is 38.1 Å². The molecule has 0 spiro atoms. The third kappa shape index (κ3) is 5.42. The van der Waals surface area contributed by atoms with Crippen LogP contribution in [0.25, 0.3) is 11.1 Å². The minimum atomic E-state index is -2.03. The second-order valence-electron chi connectivity index (χ2n) is 10.5. The Morgan fingerprint density at radius 3 is 2.08 bits per heavy atom. The zero-order valence-corrected chi connectivity index (χ0v) is 22.2. The Morgan fingerprint density at radius 2 is 1.56 bits per heavy atom. The minimum absolute atomic E-state index is 0.0347. The smallest absolute Gasteiger partial charge is 0.289 e. The Labute approximate surface area is 226 Å². The molecule has 3 atom stereocenters. The van der Waals surface area contributed by atoms with Crippen LogP contribution in [-0.4, -0.2) is 60.2 Å². The fraction of sp³-hybridized carbons (Fsp3) is 0.414. The first kappa shape index (κ1) is 28.0. The summed E-state index contributed by atoms with van der Waals surface area (Å²) in [5.41, 5.74) is 0.241. The zero-order chi connectivity index (χ0) is 28.3. The second kappa shape index (κ2) is 11.4. The number of fused-ring (bicyclic) bond motifs is 3. The van der Waals surface area contributed by atoms with E-state index in [-0.39, 0.29) is 24.7 Å². The molecule has 1 heterocycles. The average molecular weight is 535 g/mol. The molecule has 2 aliphatic rings. The number of aliphatic hydroxyl groups is 1. The number of rotatable bonds is 10. The maximum absolute atomic E-state index is 13.8. The summed E-state index contributed by atoms with van der Waals surface area (Å²) in [5.74, 6) is -4.03. The van der Waals surface area contributed by atoms with Gasteiger partial charge in [-0.1, -0.05) is 62.4 Å². The van der Waals surface area contributed by atoms with Crippen molar-refractivity contribution in [2.75, 3.05) is 13.6 Å². The monoisotopic (exact) mass is 534 g/mol. The summed E-state index contributed by atoms with van der Waals surface area (Å²) in [5, 5.41) is 22.1. The summed E-state index contributed by atoms with van der Waals surface area (Å²) in [6.07, 6.45) is 0.642. The number of carbonyl (C=O) groups excluding carboxylic acids is 5. The Kier molecular flexibility index (Phi) is 8.15. The summed E-state index contributed by atoms with van der Waals surface area (Å²) >= 11 is 0. The van der Waals surface area contributed by atoms with Crippen molar-refractivity contribution >= 4 is 29.4 Å². The molecule has 1 aliphatic heterocycles. The van der Waals surface area contributed by atoms with Crippen molar-refractivity contribution in [1.29, 1.82) is 0 Å². The van der Waals surface area contributed by atoms with Gasteiger partial charge in [-0.25, -0.2) is 0 Å². The van der Waals surface area contributed by atoms with Crippen LogP contribution >= 0.6 is 0 Å². The van der Waals surface area contributed by atoms with Crippen LogP contribution in [0.1, 0.15) is 44.2 Å². The number of hydrogen-bond acceptors (Lipinski definition) is 6. The third-order valence-electron chi connectivity index (χ3n) is 7.35. The molecule has 0 saturated carbocycles. The van der Waals surface area contributed by atoms with Crippen LogP contribution in [0.5, 0.6) is 0 Å². The Balaban J connectivity index is 1.60. The van der Waals surface area contributed by atoms with Gasteiger partial charge in [-0.3, -0.25) is 24.0 Å². The molecule has 10 heteroatoms. The van der Waals surface area contributed by atoms with Crippen LogP contribution in [0.15, 0.2) is 48.5 Å². The first-order valence-corrected chi connectivity index (χ1v) is 13.1. The fourth-order valence-electron chi connectivity index (χ4n) is 5.36. The largest absolute Gasteiger partial charge is 0.372 e. The molecule has 0 aromatic heterocycles. The molecule has 0 unspecified atom stereocenters. The number of ketones is 1. The van der Waals surface area contributed by atoms with Gasteiger partial charge in [0.15, 0.2) is 5.60 Å². The molecule has 10 nitrogen and oxygen atoms in total. The molecule has 4 rings (SSSR count). The van der Waals surface area contributed by atoms with Crippen molar-refractivity contribution in [3.63, 3.8) is 0 Å². The van der Waals surface area contributed by atoms with Gasteiger partial charge in [0, 0.05) is 30.6 Å². The number of hydrogen-bond donors (Lipinski definition) is 5. The summed E-state index contributed by atoms with van der Waals surface area (Å²) in [6.45, 7) is 4.20. The molecule has 2 aromatic rings. The molecule has 5 N–H and O–H groups in total. The van der Waals surface area contributed by atoms with E-state index in [1.54, 1.807) is 24.3 Å². The van der Waals surface area contributed by atoms with Crippen LogP contribution in [0.4, 0.5) is 0 Å². The molecule has 0 radical (unpaired) electrons. The van der Waals surface area contributed by atoms with Crippen LogP contribution in [0.2, 0.25) is 0 Å². The van der Waals surface area contributed by atoms with Crippen molar-refractivity contribution in [3.8, 4) is 11.1 Å². The summed E-state index contributed by atoms with van der Waals surface area (Å²) in [6, 6.07) is 11.7. The number of Topliss-reactive ketones (excluding diaryl/α,β-unsaturated/α-hetero) is 1. The lowest BCUT2D eigenvalue weighted by Gasteiger charge is -2.29. The van der Waals surface area contributed by atoms with Crippen molar-refractivity contribution in [3.05, 3.63) is 59.7 Å². The van der Waals surface area contributed by atoms with Gasteiger partial charge in [-0.05, 0) is 36.3 Å². The van der Waals surface area contributed by atoms with Gasteiger partial charge in [0.1, 0.15) is 6.04 Å². The summed E-state index contributed by atoms with van der Waals surface area (Å²) < 4.78 is 0. The highest BCUT2D eigenvalue weighted by atomic mass is 16.3. The lowest BCUT2D eigenvalue weighted by molar-refractivity contribution is -0.142. The van der Waals surface area contributed by atoms with E-state index in [2.05, 4.69) is 21.3 Å². The minimum Gasteiger partial charge on any atom is -0.372 e. The molecule has 1 aliphatic carbocycles. The average Bonchev–Trinajstić information content (AvgIpc) is 3.45. The molecular formula is C29H34N4O6. The maximum atomic E-state index is 13.8. The summed E-state index contributed by atoms with van der Waals surface area (Å²) in [7, 11) is 1.31. The highest BCUT2D eigenvalue weighted by molar-refractivity contribution is 6.38. The highest BCUT2D eigenvalue weighted by Gasteiger charge is 2.48. The van der Waals surface area contributed by atoms with E-state index in [4.69, 9.17) is 0 Å². The summed E-state index contributed by atoms with van der Waals surface area (Å²) in [4.78, 5) is 64.4. The number of likely N-dealkylation sites (N-methyl/N-ethyl adjacent to an activating group) is 1. The highest BCUT2D eigenvalue weighted by Crippen LogP contribution is 2.47. The SMILES string of the molecule is CNC(=O)C(=O)[C@H](C[C@H]1CCNC1=O)NC(=O)[C@H](CC(C)C)NC(=O)C1(O)c2ccccc2-c2ccccc21. The molecule has 1 saturated heterocycles. The first-order valence-electron chi connectivity index (χ1n) is 13.1. The van der Waals surface area contributed by atoms with Crippen molar-refractivity contribution < 1.29 is 29.1 Å². The van der Waals surface area contributed by atoms with Gasteiger partial charge in [0.25, 0.3) is 11.8 Å². The number of amides is 4. The van der Waals surface area contributed by atoms with Crippen molar-refractivity contribution in [2.45, 2.75) is 50.8 Å². The van der Waals surface area contributed by atoms with Crippen molar-refractivity contribution in [2.24, 2.45) is 11.8 Å². The van der Waals surface area contributed by atoms with Gasteiger partial charge in [0.05, 0.1) is 6.04 Å². The Hall–Kier alpha value is -4.05. The molecule has 2 aromatic carbocycles. The first-order chi connectivity index (χ1) is 18.6. The topological polar surface area (TPSA) is 154 Å². The Morgan fingerprint density at radius 1 is 0.974 bits per heavy atom. The predicted molar refractivity (Wildman–Crippen MR) is 143 cm³/mol. The maximum Gasteiger partial charge on any atom is 0.289 e. The molecule has 0 bridgehead atoms. The molecule has 206 valence electrons. The van der Waals surface area contributed by atoms with E-state index in [0.29, 0.717) is 24.1 Å². The van der Waals surface area contributed by atoms with Gasteiger partial charge in [-0.2, -0.15) is 0 Å². The number of benzene rings is 2. The quantitative estimate of drug-likeness (QED) is 0.284. The van der Waals surface area contributed by atoms with E-state index in [9.17, 15) is 29.1 Å². The zero-order valence-electron chi connectivity index (χ0n) is 22.2. The molecule has 39 heavy (non-hydrogen) atoms. The fourth-order valence-corrected chi connectivity index (χ4v) is 5.36. The normalized spacial score (nSPS) is 18.4. The van der Waals surface area contributed by atoms with Crippen LogP contribution in [-0.2, 0) is 29.6 Å². The predicted octanol–water partition coefficient (Wildman–Crippen LogP) is 0.760. The van der Waals surface area contributed by atoms with Gasteiger partial charge in [0.2, 0.25) is 17.6 Å². The third-order valence-corrected chi connectivity index (χ3v) is 7.35. The van der Waals surface area contributed by atoms with Crippen LogP contribution in [0, 0.1) is 11.8 Å². The van der Waals surface area contributed by atoms with Gasteiger partial charge < -0.3 is 26.4 Å². The number of nitrogens with one attached hydrogen (secondary N) is 4. The van der Waals surface area contributed by atoms with Gasteiger partial charge in [-0.15, -0.1) is 0 Å². The van der Waals surface area contributed by atoms with Crippen LogP contribution < -0.4 is 21.3 Å². The molecular weight excluding hydrogens is 500 g/mol.